The standard InChI is InChI=1S/C24H44O2/c1-2-3-4-5-6-7-8-9-10-11-12-13-14-15-19-22-24(25)26-23-20-17-16-18-21-23/h9-10,23H,2-8,11-22H2,1H3/b10-9+. The van der Waals surface area contributed by atoms with Crippen molar-refractivity contribution < 1.29 is 9.53 Å². The molecule has 152 valence electrons. The number of hydrogen-bond donors (Lipinski definition) is 0. The van der Waals surface area contributed by atoms with Crippen LogP contribution in [0, 0.1) is 0 Å². The highest BCUT2D eigenvalue weighted by Crippen LogP contribution is 2.21. The Hall–Kier alpha value is -0.790. The van der Waals surface area contributed by atoms with E-state index in [4.69, 9.17) is 4.74 Å². The third-order valence-corrected chi connectivity index (χ3v) is 5.49. The molecule has 0 bridgehead atoms. The average Bonchev–Trinajstić information content (AvgIpc) is 2.65. The molecule has 0 unspecified atom stereocenters. The highest BCUT2D eigenvalue weighted by Gasteiger charge is 2.17. The van der Waals surface area contributed by atoms with Gasteiger partial charge in [-0.25, -0.2) is 0 Å². The van der Waals surface area contributed by atoms with Gasteiger partial charge in [0.1, 0.15) is 6.10 Å². The molecule has 0 atom stereocenters. The maximum absolute atomic E-state index is 11.8. The van der Waals surface area contributed by atoms with E-state index in [0.717, 1.165) is 19.3 Å². The number of carbonyl (C=O) groups excluding carboxylic acids is 1. The van der Waals surface area contributed by atoms with Crippen molar-refractivity contribution in [2.24, 2.45) is 0 Å². The van der Waals surface area contributed by atoms with E-state index in [1.54, 1.807) is 0 Å². The molecule has 0 aromatic carbocycles. The van der Waals surface area contributed by atoms with Gasteiger partial charge in [-0.3, -0.25) is 4.79 Å². The van der Waals surface area contributed by atoms with Gasteiger partial charge in [0.05, 0.1) is 0 Å². The van der Waals surface area contributed by atoms with Gasteiger partial charge in [0, 0.05) is 6.42 Å². The lowest BCUT2D eigenvalue weighted by atomic mass is 9.98. The Bertz CT molecular complexity index is 342. The van der Waals surface area contributed by atoms with Crippen molar-refractivity contribution in [2.75, 3.05) is 0 Å². The second-order valence-corrected chi connectivity index (χ2v) is 8.08. The number of allylic oxidation sites excluding steroid dienone is 2. The molecule has 1 rings (SSSR count). The molecule has 1 aliphatic carbocycles. The first-order valence-electron chi connectivity index (χ1n) is 11.7. The van der Waals surface area contributed by atoms with Crippen molar-refractivity contribution in [3.63, 3.8) is 0 Å². The first-order valence-corrected chi connectivity index (χ1v) is 11.7. The van der Waals surface area contributed by atoms with Crippen molar-refractivity contribution in [3.05, 3.63) is 12.2 Å². The van der Waals surface area contributed by atoms with Gasteiger partial charge in [0.15, 0.2) is 0 Å². The van der Waals surface area contributed by atoms with Crippen molar-refractivity contribution >= 4 is 5.97 Å². The molecular weight excluding hydrogens is 320 g/mol. The minimum absolute atomic E-state index is 0.0366. The number of rotatable bonds is 16. The molecule has 2 nitrogen and oxygen atoms in total. The van der Waals surface area contributed by atoms with Gasteiger partial charge in [-0.05, 0) is 57.8 Å². The molecule has 0 aliphatic heterocycles. The molecule has 1 aliphatic rings. The van der Waals surface area contributed by atoms with E-state index in [1.807, 2.05) is 0 Å². The van der Waals surface area contributed by atoms with Gasteiger partial charge in [-0.2, -0.15) is 0 Å². The van der Waals surface area contributed by atoms with Crippen LogP contribution in [0.4, 0.5) is 0 Å². The highest BCUT2D eigenvalue weighted by atomic mass is 16.5. The number of carbonyl (C=O) groups is 1. The molecule has 0 saturated heterocycles. The molecular formula is C24H44O2. The van der Waals surface area contributed by atoms with Crippen LogP contribution in [0.3, 0.4) is 0 Å². The lowest BCUT2D eigenvalue weighted by Crippen LogP contribution is -2.20. The lowest BCUT2D eigenvalue weighted by Gasteiger charge is -2.21. The SMILES string of the molecule is CCCCCCCC/C=C/CCCCCCCC(=O)OC1CCCCC1. The number of esters is 1. The summed E-state index contributed by atoms with van der Waals surface area (Å²) in [5.74, 6) is 0.0366. The second-order valence-electron chi connectivity index (χ2n) is 8.08. The summed E-state index contributed by atoms with van der Waals surface area (Å²) in [6, 6.07) is 0. The van der Waals surface area contributed by atoms with Crippen LogP contribution in [0.1, 0.15) is 129 Å². The Morgan fingerprint density at radius 1 is 0.769 bits per heavy atom. The van der Waals surface area contributed by atoms with Crippen LogP contribution >= 0.6 is 0 Å². The van der Waals surface area contributed by atoms with E-state index in [-0.39, 0.29) is 12.1 Å². The minimum atomic E-state index is 0.0366. The summed E-state index contributed by atoms with van der Waals surface area (Å²) in [6.45, 7) is 2.27. The third-order valence-electron chi connectivity index (χ3n) is 5.49. The summed E-state index contributed by atoms with van der Waals surface area (Å²) in [6.07, 6.45) is 28.3. The summed E-state index contributed by atoms with van der Waals surface area (Å²) in [4.78, 5) is 11.8. The van der Waals surface area contributed by atoms with Crippen molar-refractivity contribution in [3.8, 4) is 0 Å². The summed E-state index contributed by atoms with van der Waals surface area (Å²) in [7, 11) is 0. The topological polar surface area (TPSA) is 26.3 Å². The molecule has 0 radical (unpaired) electrons. The Morgan fingerprint density at radius 3 is 1.92 bits per heavy atom. The molecule has 0 aromatic heterocycles. The Labute approximate surface area is 163 Å². The first-order chi connectivity index (χ1) is 12.8. The quantitative estimate of drug-likeness (QED) is 0.158. The van der Waals surface area contributed by atoms with E-state index >= 15 is 0 Å². The Morgan fingerprint density at radius 2 is 1.31 bits per heavy atom. The zero-order valence-corrected chi connectivity index (χ0v) is 17.5. The first kappa shape index (κ1) is 23.2. The zero-order chi connectivity index (χ0) is 18.7. The average molecular weight is 365 g/mol. The molecule has 0 amide bonds. The summed E-state index contributed by atoms with van der Waals surface area (Å²) < 4.78 is 5.56. The highest BCUT2D eigenvalue weighted by molar-refractivity contribution is 5.69. The van der Waals surface area contributed by atoms with Crippen LogP contribution in [0.2, 0.25) is 0 Å². The van der Waals surface area contributed by atoms with Crippen LogP contribution in [-0.2, 0) is 9.53 Å². The predicted octanol–water partition coefficient (Wildman–Crippen LogP) is 7.90. The molecule has 2 heteroatoms. The fourth-order valence-corrected chi connectivity index (χ4v) is 3.77. The summed E-state index contributed by atoms with van der Waals surface area (Å²) in [5, 5.41) is 0. The Kier molecular flexibility index (Phi) is 15.8. The number of hydrogen-bond acceptors (Lipinski definition) is 2. The molecule has 0 N–H and O–H groups in total. The number of ether oxygens (including phenoxy) is 1. The van der Waals surface area contributed by atoms with Crippen LogP contribution in [0.25, 0.3) is 0 Å². The molecule has 0 spiro atoms. The lowest BCUT2D eigenvalue weighted by molar-refractivity contribution is -0.150. The minimum Gasteiger partial charge on any atom is -0.462 e. The van der Waals surface area contributed by atoms with Gasteiger partial charge in [-0.15, -0.1) is 0 Å². The second kappa shape index (κ2) is 17.6. The fraction of sp³-hybridized carbons (Fsp3) is 0.875. The van der Waals surface area contributed by atoms with Gasteiger partial charge < -0.3 is 4.74 Å². The maximum Gasteiger partial charge on any atom is 0.306 e. The van der Waals surface area contributed by atoms with E-state index < -0.39 is 0 Å². The van der Waals surface area contributed by atoms with Crippen LogP contribution in [-0.4, -0.2) is 12.1 Å². The fourth-order valence-electron chi connectivity index (χ4n) is 3.77. The maximum atomic E-state index is 11.8. The Balaban J connectivity index is 1.78. The molecule has 1 saturated carbocycles. The van der Waals surface area contributed by atoms with Gasteiger partial charge >= 0.3 is 5.97 Å². The van der Waals surface area contributed by atoms with E-state index in [2.05, 4.69) is 19.1 Å². The normalized spacial score (nSPS) is 15.6. The monoisotopic (exact) mass is 364 g/mol. The van der Waals surface area contributed by atoms with E-state index in [9.17, 15) is 4.79 Å². The van der Waals surface area contributed by atoms with Crippen molar-refractivity contribution in [2.45, 2.75) is 135 Å². The van der Waals surface area contributed by atoms with Gasteiger partial charge in [0.2, 0.25) is 0 Å². The molecule has 0 aromatic rings. The van der Waals surface area contributed by atoms with E-state index in [0.29, 0.717) is 6.42 Å². The van der Waals surface area contributed by atoms with Crippen LogP contribution in [0.15, 0.2) is 12.2 Å². The molecule has 26 heavy (non-hydrogen) atoms. The van der Waals surface area contributed by atoms with Crippen LogP contribution < -0.4 is 0 Å². The van der Waals surface area contributed by atoms with Gasteiger partial charge in [0.25, 0.3) is 0 Å². The molecule has 1 fully saturated rings. The third kappa shape index (κ3) is 14.4. The number of unbranched alkanes of at least 4 members (excludes halogenated alkanes) is 11. The van der Waals surface area contributed by atoms with Crippen molar-refractivity contribution in [1.29, 1.82) is 0 Å². The van der Waals surface area contributed by atoms with Crippen LogP contribution in [0.5, 0.6) is 0 Å². The van der Waals surface area contributed by atoms with Gasteiger partial charge in [-0.1, -0.05) is 76.9 Å². The van der Waals surface area contributed by atoms with E-state index in [1.165, 1.54) is 96.3 Å². The predicted molar refractivity (Wildman–Crippen MR) is 112 cm³/mol. The molecule has 0 heterocycles. The largest absolute Gasteiger partial charge is 0.462 e. The summed E-state index contributed by atoms with van der Waals surface area (Å²) in [5.41, 5.74) is 0. The van der Waals surface area contributed by atoms with Crippen molar-refractivity contribution in [1.82, 2.24) is 0 Å². The zero-order valence-electron chi connectivity index (χ0n) is 17.5. The smallest absolute Gasteiger partial charge is 0.306 e. The summed E-state index contributed by atoms with van der Waals surface area (Å²) >= 11 is 0.